The molecule has 8 nitrogen and oxygen atoms in total. The predicted molar refractivity (Wildman–Crippen MR) is 99.0 cm³/mol. The maximum atomic E-state index is 12.8. The van der Waals surface area contributed by atoms with Crippen LogP contribution in [0.15, 0.2) is 42.5 Å². The van der Waals surface area contributed by atoms with Crippen LogP contribution in [0.25, 0.3) is 11.3 Å². The fourth-order valence-corrected chi connectivity index (χ4v) is 3.34. The molecule has 1 heterocycles. The Labute approximate surface area is 154 Å². The zero-order chi connectivity index (χ0) is 19.0. The Morgan fingerprint density at radius 2 is 2.07 bits per heavy atom. The van der Waals surface area contributed by atoms with Gasteiger partial charge in [-0.15, -0.1) is 0 Å². The van der Waals surface area contributed by atoms with Gasteiger partial charge in [0, 0.05) is 23.3 Å². The van der Waals surface area contributed by atoms with Crippen molar-refractivity contribution < 1.29 is 14.5 Å². The number of aryl methyl sites for hydroxylation is 1. The molecule has 0 saturated carbocycles. The van der Waals surface area contributed by atoms with E-state index in [1.165, 1.54) is 30.9 Å². The smallest absolute Gasteiger partial charge is 0.274 e. The number of aromatic nitrogens is 2. The van der Waals surface area contributed by atoms with Gasteiger partial charge in [0.25, 0.3) is 11.6 Å². The number of non-ortho nitro benzene ring substituents is 1. The second-order valence-corrected chi connectivity index (χ2v) is 6.18. The number of nitrogens with one attached hydrogen (secondary N) is 2. The van der Waals surface area contributed by atoms with Crippen LogP contribution in [0.1, 0.15) is 21.6 Å². The number of amides is 1. The summed E-state index contributed by atoms with van der Waals surface area (Å²) >= 11 is 0. The number of hydrogen-bond acceptors (Lipinski definition) is 5. The molecule has 8 heteroatoms. The van der Waals surface area contributed by atoms with Crippen LogP contribution < -0.4 is 10.1 Å². The van der Waals surface area contributed by atoms with Crippen LogP contribution in [0.3, 0.4) is 0 Å². The fourth-order valence-electron chi connectivity index (χ4n) is 3.34. The van der Waals surface area contributed by atoms with Crippen molar-refractivity contribution in [3.8, 4) is 17.0 Å². The van der Waals surface area contributed by atoms with E-state index in [0.717, 1.165) is 23.2 Å². The van der Waals surface area contributed by atoms with Crippen molar-refractivity contribution >= 4 is 17.3 Å². The topological polar surface area (TPSA) is 110 Å². The van der Waals surface area contributed by atoms with Gasteiger partial charge in [-0.05, 0) is 24.5 Å². The Kier molecular flexibility index (Phi) is 4.08. The summed E-state index contributed by atoms with van der Waals surface area (Å²) in [5, 5.41) is 20.8. The van der Waals surface area contributed by atoms with Gasteiger partial charge in [0.2, 0.25) is 0 Å². The van der Waals surface area contributed by atoms with Crippen LogP contribution in [0, 0.1) is 10.1 Å². The lowest BCUT2D eigenvalue weighted by molar-refractivity contribution is -0.384. The number of fused-ring (bicyclic) bond motifs is 3. The second-order valence-electron chi connectivity index (χ2n) is 6.18. The molecule has 0 spiro atoms. The lowest BCUT2D eigenvalue weighted by Gasteiger charge is -2.16. The summed E-state index contributed by atoms with van der Waals surface area (Å²) in [6.45, 7) is 0. The first-order chi connectivity index (χ1) is 13.1. The summed E-state index contributed by atoms with van der Waals surface area (Å²) in [7, 11) is 1.44. The number of ether oxygens (including phenoxy) is 1. The van der Waals surface area contributed by atoms with Crippen LogP contribution in [0.2, 0.25) is 0 Å². The largest absolute Gasteiger partial charge is 0.495 e. The van der Waals surface area contributed by atoms with Crippen molar-refractivity contribution in [2.75, 3.05) is 12.4 Å². The van der Waals surface area contributed by atoms with Gasteiger partial charge >= 0.3 is 0 Å². The van der Waals surface area contributed by atoms with Crippen LogP contribution in [-0.2, 0) is 12.8 Å². The minimum Gasteiger partial charge on any atom is -0.495 e. The van der Waals surface area contributed by atoms with Gasteiger partial charge in [-0.25, -0.2) is 0 Å². The molecule has 1 amide bonds. The maximum Gasteiger partial charge on any atom is 0.274 e. The molecule has 0 aliphatic heterocycles. The lowest BCUT2D eigenvalue weighted by Crippen LogP contribution is -2.16. The van der Waals surface area contributed by atoms with Gasteiger partial charge in [0.15, 0.2) is 0 Å². The lowest BCUT2D eigenvalue weighted by atomic mass is 9.89. The number of H-pyrrole nitrogens is 1. The van der Waals surface area contributed by atoms with Crippen LogP contribution >= 0.6 is 0 Å². The fraction of sp³-hybridized carbons (Fsp3) is 0.158. The number of carbonyl (C=O) groups excluding carboxylic acids is 1. The molecule has 3 aromatic rings. The van der Waals surface area contributed by atoms with Crippen molar-refractivity contribution in [1.29, 1.82) is 0 Å². The number of anilines is 1. The third kappa shape index (κ3) is 2.91. The number of aromatic amines is 1. The predicted octanol–water partition coefficient (Wildman–Crippen LogP) is 3.34. The number of methoxy groups -OCH3 is 1. The summed E-state index contributed by atoms with van der Waals surface area (Å²) in [6.07, 6.45) is 1.51. The molecule has 2 N–H and O–H groups in total. The van der Waals surface area contributed by atoms with E-state index in [1.54, 1.807) is 0 Å². The summed E-state index contributed by atoms with van der Waals surface area (Å²) < 4.78 is 5.19. The highest BCUT2D eigenvalue weighted by Gasteiger charge is 2.25. The Balaban J connectivity index is 1.67. The zero-order valence-corrected chi connectivity index (χ0v) is 14.5. The number of rotatable bonds is 4. The van der Waals surface area contributed by atoms with Gasteiger partial charge in [0.05, 0.1) is 23.4 Å². The normalized spacial score (nSPS) is 12.0. The molecular formula is C19H16N4O4. The number of hydrogen-bond donors (Lipinski definition) is 2. The molecule has 0 bridgehead atoms. The van der Waals surface area contributed by atoms with Crippen molar-refractivity contribution in [2.45, 2.75) is 12.8 Å². The number of nitro groups is 1. The average molecular weight is 364 g/mol. The van der Waals surface area contributed by atoms with Gasteiger partial charge < -0.3 is 10.1 Å². The van der Waals surface area contributed by atoms with E-state index in [0.29, 0.717) is 17.9 Å². The van der Waals surface area contributed by atoms with Crippen molar-refractivity contribution in [1.82, 2.24) is 10.2 Å². The molecule has 136 valence electrons. The first kappa shape index (κ1) is 16.8. The summed E-state index contributed by atoms with van der Waals surface area (Å²) in [4.78, 5) is 23.3. The molecule has 0 radical (unpaired) electrons. The maximum absolute atomic E-state index is 12.8. The van der Waals surface area contributed by atoms with Crippen molar-refractivity contribution in [2.24, 2.45) is 0 Å². The van der Waals surface area contributed by atoms with Gasteiger partial charge in [-0.1, -0.05) is 24.3 Å². The Morgan fingerprint density at radius 3 is 2.85 bits per heavy atom. The van der Waals surface area contributed by atoms with Crippen molar-refractivity contribution in [3.05, 3.63) is 69.4 Å². The standard InChI is InChI=1S/C19H16N4O4/c1-27-16-9-7-12(23(25)26)10-15(16)20-19(24)18-14-8-6-11-4-2-3-5-13(11)17(14)21-22-18/h2-5,7,9-10H,6,8H2,1H3,(H,20,24)(H,21,22). The molecule has 4 rings (SSSR count). The third-order valence-corrected chi connectivity index (χ3v) is 4.65. The third-order valence-electron chi connectivity index (χ3n) is 4.65. The number of carbonyl (C=O) groups is 1. The SMILES string of the molecule is COc1ccc([N+](=O)[O-])cc1NC(=O)c1[nH]nc2c1CCc1ccccc1-2. The first-order valence-electron chi connectivity index (χ1n) is 8.37. The molecular weight excluding hydrogens is 348 g/mol. The molecule has 2 aromatic carbocycles. The van der Waals surface area contributed by atoms with E-state index in [-0.39, 0.29) is 11.4 Å². The van der Waals surface area contributed by atoms with Gasteiger partial charge in [-0.3, -0.25) is 20.0 Å². The molecule has 0 atom stereocenters. The molecule has 0 unspecified atom stereocenters. The highest BCUT2D eigenvalue weighted by molar-refractivity contribution is 6.06. The second kappa shape index (κ2) is 6.56. The average Bonchev–Trinajstić information content (AvgIpc) is 3.12. The molecule has 0 fully saturated rings. The number of benzene rings is 2. The first-order valence-corrected chi connectivity index (χ1v) is 8.37. The summed E-state index contributed by atoms with van der Waals surface area (Å²) in [5.74, 6) is -0.0744. The van der Waals surface area contributed by atoms with E-state index in [2.05, 4.69) is 21.6 Å². The number of nitro benzene ring substituents is 1. The minimum atomic E-state index is -0.524. The molecule has 1 aliphatic carbocycles. The molecule has 1 aliphatic rings. The molecule has 0 saturated heterocycles. The molecule has 27 heavy (non-hydrogen) atoms. The monoisotopic (exact) mass is 364 g/mol. The highest BCUT2D eigenvalue weighted by atomic mass is 16.6. The number of nitrogens with zero attached hydrogens (tertiary/aromatic N) is 2. The Bertz CT molecular complexity index is 1060. The van der Waals surface area contributed by atoms with Crippen LogP contribution in [-0.4, -0.2) is 28.1 Å². The van der Waals surface area contributed by atoms with Crippen LogP contribution in [0.5, 0.6) is 5.75 Å². The minimum absolute atomic E-state index is 0.133. The Morgan fingerprint density at radius 1 is 1.26 bits per heavy atom. The highest BCUT2D eigenvalue weighted by Crippen LogP contribution is 2.34. The molecule has 1 aromatic heterocycles. The summed E-state index contributed by atoms with van der Waals surface area (Å²) in [5.41, 5.74) is 4.28. The van der Waals surface area contributed by atoms with E-state index in [9.17, 15) is 14.9 Å². The Hall–Kier alpha value is -3.68. The van der Waals surface area contributed by atoms with E-state index in [1.807, 2.05) is 18.2 Å². The van der Waals surface area contributed by atoms with E-state index in [4.69, 9.17) is 4.74 Å². The zero-order valence-electron chi connectivity index (χ0n) is 14.5. The summed E-state index contributed by atoms with van der Waals surface area (Å²) in [6, 6.07) is 12.0. The van der Waals surface area contributed by atoms with E-state index >= 15 is 0 Å². The van der Waals surface area contributed by atoms with Gasteiger partial charge in [0.1, 0.15) is 11.4 Å². The van der Waals surface area contributed by atoms with Crippen molar-refractivity contribution in [3.63, 3.8) is 0 Å². The van der Waals surface area contributed by atoms with Crippen LogP contribution in [0.4, 0.5) is 11.4 Å². The van der Waals surface area contributed by atoms with E-state index < -0.39 is 10.8 Å². The van der Waals surface area contributed by atoms with Gasteiger partial charge in [-0.2, -0.15) is 5.10 Å². The quantitative estimate of drug-likeness (QED) is 0.545.